The van der Waals surface area contributed by atoms with E-state index in [1.54, 1.807) is 12.3 Å². The van der Waals surface area contributed by atoms with Crippen LogP contribution in [0.3, 0.4) is 0 Å². The monoisotopic (exact) mass is 312 g/mol. The molecule has 0 saturated heterocycles. The second-order valence-electron chi connectivity index (χ2n) is 5.04. The maximum atomic E-state index is 12.6. The molecule has 0 aliphatic heterocycles. The minimum Gasteiger partial charge on any atom is -0.361 e. The van der Waals surface area contributed by atoms with E-state index < -0.39 is 11.7 Å². The van der Waals surface area contributed by atoms with Gasteiger partial charge in [-0.2, -0.15) is 18.4 Å². The van der Waals surface area contributed by atoms with E-state index in [1.165, 1.54) is 12.1 Å². The zero-order chi connectivity index (χ0) is 16.4. The fourth-order valence-corrected chi connectivity index (χ4v) is 2.40. The number of alkyl halides is 3. The smallest absolute Gasteiger partial charge is 0.361 e. The molecule has 0 amide bonds. The number of H-pyrrole nitrogens is 1. The van der Waals surface area contributed by atoms with E-state index in [9.17, 15) is 18.4 Å². The molecule has 0 aliphatic rings. The van der Waals surface area contributed by atoms with Crippen molar-refractivity contribution in [3.8, 4) is 6.07 Å². The van der Waals surface area contributed by atoms with Crippen molar-refractivity contribution in [2.45, 2.75) is 6.18 Å². The van der Waals surface area contributed by atoms with Gasteiger partial charge < -0.3 is 4.98 Å². The Labute approximate surface area is 130 Å². The van der Waals surface area contributed by atoms with Crippen molar-refractivity contribution < 1.29 is 13.2 Å². The van der Waals surface area contributed by atoms with Gasteiger partial charge in [-0.3, -0.25) is 0 Å². The molecular weight excluding hydrogens is 301 g/mol. The van der Waals surface area contributed by atoms with Gasteiger partial charge in [-0.05, 0) is 29.8 Å². The number of benzene rings is 2. The molecule has 0 unspecified atom stereocenters. The van der Waals surface area contributed by atoms with Crippen LogP contribution in [0.4, 0.5) is 13.2 Å². The zero-order valence-corrected chi connectivity index (χ0v) is 11.9. The molecule has 3 aromatic rings. The number of nitrogens with one attached hydrogen (secondary N) is 1. The molecule has 1 N–H and O–H groups in total. The summed E-state index contributed by atoms with van der Waals surface area (Å²) in [7, 11) is 0. The molecule has 2 aromatic carbocycles. The Balaban J connectivity index is 2.01. The third-order valence-electron chi connectivity index (χ3n) is 3.55. The molecule has 0 atom stereocenters. The van der Waals surface area contributed by atoms with Crippen LogP contribution in [-0.2, 0) is 6.18 Å². The molecular formula is C18H11F3N2. The third-order valence-corrected chi connectivity index (χ3v) is 3.55. The second-order valence-corrected chi connectivity index (χ2v) is 5.04. The summed E-state index contributed by atoms with van der Waals surface area (Å²) in [5.41, 5.74) is 1.85. The Morgan fingerprint density at radius 3 is 2.39 bits per heavy atom. The first-order chi connectivity index (χ1) is 11.0. The maximum Gasteiger partial charge on any atom is 0.416 e. The number of nitrogens with zero attached hydrogens (tertiary/aromatic N) is 1. The van der Waals surface area contributed by atoms with Crippen LogP contribution in [0.15, 0.2) is 54.7 Å². The van der Waals surface area contributed by atoms with Gasteiger partial charge in [0.25, 0.3) is 0 Å². The third kappa shape index (κ3) is 2.97. The van der Waals surface area contributed by atoms with Crippen LogP contribution in [0.25, 0.3) is 22.6 Å². The number of aromatic amines is 1. The summed E-state index contributed by atoms with van der Waals surface area (Å²) in [5, 5.41) is 10.3. The van der Waals surface area contributed by atoms with E-state index in [2.05, 4.69) is 11.1 Å². The molecule has 0 spiro atoms. The number of halogens is 3. The lowest BCUT2D eigenvalue weighted by atomic mass is 10.0. The second kappa shape index (κ2) is 5.65. The molecule has 0 radical (unpaired) electrons. The number of fused-ring (bicyclic) bond motifs is 1. The molecule has 0 fully saturated rings. The van der Waals surface area contributed by atoms with E-state index in [-0.39, 0.29) is 0 Å². The molecule has 5 heteroatoms. The Bertz CT molecular complexity index is 910. The normalized spacial score (nSPS) is 12.3. The van der Waals surface area contributed by atoms with Crippen LogP contribution in [0.5, 0.6) is 0 Å². The van der Waals surface area contributed by atoms with Crippen LogP contribution >= 0.6 is 0 Å². The fourth-order valence-electron chi connectivity index (χ4n) is 2.40. The number of para-hydroxylation sites is 1. The van der Waals surface area contributed by atoms with E-state index in [0.29, 0.717) is 11.1 Å². The molecule has 2 nitrogen and oxygen atoms in total. The lowest BCUT2D eigenvalue weighted by Crippen LogP contribution is -2.03. The van der Waals surface area contributed by atoms with Crippen LogP contribution < -0.4 is 0 Å². The maximum absolute atomic E-state index is 12.6. The zero-order valence-electron chi connectivity index (χ0n) is 11.9. The van der Waals surface area contributed by atoms with Gasteiger partial charge in [-0.1, -0.05) is 30.3 Å². The highest BCUT2D eigenvalue weighted by Crippen LogP contribution is 2.30. The van der Waals surface area contributed by atoms with Crippen LogP contribution in [0.2, 0.25) is 0 Å². The molecule has 0 saturated carbocycles. The first-order valence-electron chi connectivity index (χ1n) is 6.84. The topological polar surface area (TPSA) is 39.6 Å². The number of hydrogen-bond donors (Lipinski definition) is 1. The van der Waals surface area contributed by atoms with Crippen molar-refractivity contribution in [1.29, 1.82) is 5.26 Å². The van der Waals surface area contributed by atoms with Crippen LogP contribution in [-0.4, -0.2) is 4.98 Å². The first kappa shape index (κ1) is 14.9. The van der Waals surface area contributed by atoms with E-state index in [4.69, 9.17) is 0 Å². The van der Waals surface area contributed by atoms with Crippen molar-refractivity contribution in [3.05, 3.63) is 71.4 Å². The molecule has 1 aromatic heterocycles. The van der Waals surface area contributed by atoms with Crippen LogP contribution in [0, 0.1) is 11.3 Å². The molecule has 3 rings (SSSR count). The summed E-state index contributed by atoms with van der Waals surface area (Å²) in [6.07, 6.45) is -1.06. The first-order valence-corrected chi connectivity index (χ1v) is 6.84. The van der Waals surface area contributed by atoms with E-state index in [1.807, 2.05) is 24.3 Å². The summed E-state index contributed by atoms with van der Waals surface area (Å²) >= 11 is 0. The minimum atomic E-state index is -4.36. The van der Waals surface area contributed by atoms with Gasteiger partial charge in [-0.25, -0.2) is 0 Å². The van der Waals surface area contributed by atoms with Gasteiger partial charge in [0, 0.05) is 22.7 Å². The Morgan fingerprint density at radius 2 is 1.74 bits per heavy atom. The lowest BCUT2D eigenvalue weighted by molar-refractivity contribution is -0.137. The lowest BCUT2D eigenvalue weighted by Gasteiger charge is -2.06. The van der Waals surface area contributed by atoms with Crippen molar-refractivity contribution in [1.82, 2.24) is 4.98 Å². The number of aromatic nitrogens is 1. The van der Waals surface area contributed by atoms with Crippen molar-refractivity contribution >= 4 is 22.6 Å². The standard InChI is InChI=1S/C18H11F3N2/c19-18(20,21)14-7-5-12(6-8-14)9-13(10-22)16-11-23-17-4-2-1-3-15(16)17/h1-9,11,23H. The number of nitriles is 1. The molecule has 1 heterocycles. The van der Waals surface area contributed by atoms with Crippen molar-refractivity contribution in [3.63, 3.8) is 0 Å². The average molecular weight is 312 g/mol. The largest absolute Gasteiger partial charge is 0.416 e. The van der Waals surface area contributed by atoms with Crippen LogP contribution in [0.1, 0.15) is 16.7 Å². The van der Waals surface area contributed by atoms with Gasteiger partial charge in [0.15, 0.2) is 0 Å². The molecule has 0 bridgehead atoms. The SMILES string of the molecule is N#CC(=Cc1ccc(C(F)(F)F)cc1)c1c[nH]c2ccccc12. The predicted octanol–water partition coefficient (Wildman–Crippen LogP) is 5.25. The van der Waals surface area contributed by atoms with Gasteiger partial charge in [0.1, 0.15) is 0 Å². The van der Waals surface area contributed by atoms with Gasteiger partial charge in [-0.15, -0.1) is 0 Å². The van der Waals surface area contributed by atoms with Crippen molar-refractivity contribution in [2.75, 3.05) is 0 Å². The summed E-state index contributed by atoms with van der Waals surface area (Å²) in [4.78, 5) is 3.08. The minimum absolute atomic E-state index is 0.391. The summed E-state index contributed by atoms with van der Waals surface area (Å²) in [6.45, 7) is 0. The Morgan fingerprint density at radius 1 is 1.04 bits per heavy atom. The van der Waals surface area contributed by atoms with Gasteiger partial charge >= 0.3 is 6.18 Å². The fraction of sp³-hybridized carbons (Fsp3) is 0.0556. The van der Waals surface area contributed by atoms with E-state index >= 15 is 0 Å². The Hall–Kier alpha value is -3.00. The molecule has 0 aliphatic carbocycles. The van der Waals surface area contributed by atoms with Crippen molar-refractivity contribution in [2.24, 2.45) is 0 Å². The molecule has 114 valence electrons. The quantitative estimate of drug-likeness (QED) is 0.645. The highest BCUT2D eigenvalue weighted by atomic mass is 19.4. The highest BCUT2D eigenvalue weighted by Gasteiger charge is 2.29. The van der Waals surface area contributed by atoms with Gasteiger partial charge in [0.2, 0.25) is 0 Å². The highest BCUT2D eigenvalue weighted by molar-refractivity contribution is 6.01. The van der Waals surface area contributed by atoms with Gasteiger partial charge in [0.05, 0.1) is 17.2 Å². The average Bonchev–Trinajstić information content (AvgIpc) is 2.96. The summed E-state index contributed by atoms with van der Waals surface area (Å²) < 4.78 is 37.7. The molecule has 23 heavy (non-hydrogen) atoms. The number of hydrogen-bond acceptors (Lipinski definition) is 1. The predicted molar refractivity (Wildman–Crippen MR) is 83.2 cm³/mol. The summed E-state index contributed by atoms with van der Waals surface area (Å²) in [5.74, 6) is 0. The Kier molecular flexibility index (Phi) is 3.67. The van der Waals surface area contributed by atoms with E-state index in [0.717, 1.165) is 28.6 Å². The summed E-state index contributed by atoms with van der Waals surface area (Å²) in [6, 6.07) is 14.4. The number of allylic oxidation sites excluding steroid dienone is 1. The number of rotatable bonds is 2.